The van der Waals surface area contributed by atoms with Gasteiger partial charge in [-0.2, -0.15) is 0 Å². The highest BCUT2D eigenvalue weighted by Crippen LogP contribution is 2.21. The Bertz CT molecular complexity index is 1110. The quantitative estimate of drug-likeness (QED) is 0.300. The van der Waals surface area contributed by atoms with E-state index in [1.807, 2.05) is 44.2 Å². The normalized spacial score (nSPS) is 16.0. The van der Waals surface area contributed by atoms with E-state index in [0.717, 1.165) is 48.4 Å². The number of Topliss-reactive ketones (excluding diaryl/α,β-unsaturated/α-hetero) is 1. The van der Waals surface area contributed by atoms with Gasteiger partial charge in [-0.25, -0.2) is 4.98 Å². The summed E-state index contributed by atoms with van der Waals surface area (Å²) in [7, 11) is 0. The smallest absolute Gasteiger partial charge is 0.316 e. The van der Waals surface area contributed by atoms with Crippen LogP contribution in [0, 0.1) is 13.8 Å². The average molecular weight is 440 g/mol. The number of hydrogen-bond donors (Lipinski definition) is 0. The maximum atomic E-state index is 12.6. The van der Waals surface area contributed by atoms with Gasteiger partial charge in [0.1, 0.15) is 5.03 Å². The molecule has 1 atom stereocenters. The van der Waals surface area contributed by atoms with E-state index in [1.165, 1.54) is 11.8 Å². The first-order valence-corrected chi connectivity index (χ1v) is 11.3. The molecule has 3 heterocycles. The molecule has 0 bridgehead atoms. The predicted octanol–water partition coefficient (Wildman–Crippen LogP) is 3.75. The molecule has 3 aromatic rings. The highest BCUT2D eigenvalue weighted by Gasteiger charge is 2.21. The number of hydrogen-bond acceptors (Lipinski definition) is 7. The van der Waals surface area contributed by atoms with Crippen molar-refractivity contribution in [3.05, 3.63) is 53.5 Å². The Morgan fingerprint density at radius 2 is 2.06 bits per heavy atom. The van der Waals surface area contributed by atoms with Crippen LogP contribution in [0.15, 0.2) is 41.6 Å². The summed E-state index contributed by atoms with van der Waals surface area (Å²) in [6, 6.07) is 9.41. The Labute approximate surface area is 185 Å². The van der Waals surface area contributed by atoms with Crippen LogP contribution in [0.5, 0.6) is 0 Å². The van der Waals surface area contributed by atoms with Gasteiger partial charge in [-0.1, -0.05) is 23.9 Å². The summed E-state index contributed by atoms with van der Waals surface area (Å²) in [5.74, 6) is -0.588. The Balaban J connectivity index is 1.30. The molecule has 2 aromatic heterocycles. The molecule has 0 aliphatic carbocycles. The van der Waals surface area contributed by atoms with Gasteiger partial charge in [-0.05, 0) is 44.9 Å². The molecular formula is C23H25N3O4S. The van der Waals surface area contributed by atoms with E-state index in [1.54, 1.807) is 6.20 Å². The zero-order chi connectivity index (χ0) is 21.8. The Morgan fingerprint density at radius 3 is 2.84 bits per heavy atom. The van der Waals surface area contributed by atoms with E-state index in [4.69, 9.17) is 9.47 Å². The fourth-order valence-corrected chi connectivity index (χ4v) is 4.40. The predicted molar refractivity (Wildman–Crippen MR) is 118 cm³/mol. The van der Waals surface area contributed by atoms with Crippen molar-refractivity contribution in [1.82, 2.24) is 14.5 Å². The van der Waals surface area contributed by atoms with Crippen molar-refractivity contribution >= 4 is 34.5 Å². The molecule has 1 fully saturated rings. The summed E-state index contributed by atoms with van der Waals surface area (Å²) in [6.07, 6.45) is 3.95. The van der Waals surface area contributed by atoms with Crippen molar-refractivity contribution in [3.63, 3.8) is 0 Å². The van der Waals surface area contributed by atoms with Crippen molar-refractivity contribution in [1.29, 1.82) is 0 Å². The molecule has 0 spiro atoms. The van der Waals surface area contributed by atoms with Crippen LogP contribution >= 0.6 is 11.8 Å². The number of ketones is 1. The van der Waals surface area contributed by atoms with Gasteiger partial charge in [-0.15, -0.1) is 0 Å². The summed E-state index contributed by atoms with van der Waals surface area (Å²) in [5.41, 5.74) is 4.06. The number of thioether (sulfide) groups is 1. The van der Waals surface area contributed by atoms with Crippen molar-refractivity contribution < 1.29 is 19.1 Å². The lowest BCUT2D eigenvalue weighted by atomic mass is 10.1. The monoisotopic (exact) mass is 439 g/mol. The van der Waals surface area contributed by atoms with Crippen molar-refractivity contribution in [2.24, 2.45) is 0 Å². The van der Waals surface area contributed by atoms with Crippen molar-refractivity contribution in [2.45, 2.75) is 44.4 Å². The largest absolute Gasteiger partial charge is 0.457 e. The summed E-state index contributed by atoms with van der Waals surface area (Å²) in [5, 5.41) is 0.639. The van der Waals surface area contributed by atoms with Gasteiger partial charge < -0.3 is 14.0 Å². The SMILES string of the molecule is Cc1cc(C(=O)COC(=O)CSc2cnc3ccccc3n2)c(C)n1CC1CCCO1. The maximum absolute atomic E-state index is 12.6. The number of nitrogens with zero attached hydrogens (tertiary/aromatic N) is 3. The van der Waals surface area contributed by atoms with Gasteiger partial charge in [-0.3, -0.25) is 14.6 Å². The minimum absolute atomic E-state index is 0.0678. The number of para-hydroxylation sites is 2. The standard InChI is InChI=1S/C23H25N3O4S/c1-15-10-18(16(2)26(15)12-17-6-5-9-29-17)21(27)13-30-23(28)14-31-22-11-24-19-7-3-4-8-20(19)25-22/h3-4,7-8,10-11,17H,5-6,9,12-14H2,1-2H3. The summed E-state index contributed by atoms with van der Waals surface area (Å²) >= 11 is 1.24. The molecule has 0 N–H and O–H groups in total. The first kappa shape index (κ1) is 21.5. The lowest BCUT2D eigenvalue weighted by molar-refractivity contribution is -0.139. The van der Waals surface area contributed by atoms with E-state index in [-0.39, 0.29) is 24.2 Å². The third-order valence-corrected chi connectivity index (χ3v) is 6.29. The second kappa shape index (κ2) is 9.62. The first-order valence-electron chi connectivity index (χ1n) is 10.3. The van der Waals surface area contributed by atoms with E-state index in [2.05, 4.69) is 14.5 Å². The molecule has 1 aliphatic heterocycles. The molecule has 0 saturated carbocycles. The van der Waals surface area contributed by atoms with Crippen LogP contribution in [-0.4, -0.2) is 51.4 Å². The molecule has 1 aliphatic rings. The number of aryl methyl sites for hydroxylation is 1. The highest BCUT2D eigenvalue weighted by molar-refractivity contribution is 7.99. The maximum Gasteiger partial charge on any atom is 0.316 e. The molecule has 1 saturated heterocycles. The number of aromatic nitrogens is 3. The lowest BCUT2D eigenvalue weighted by Crippen LogP contribution is -2.18. The number of fused-ring (bicyclic) bond motifs is 1. The van der Waals surface area contributed by atoms with Crippen LogP contribution in [0.25, 0.3) is 11.0 Å². The third-order valence-electron chi connectivity index (χ3n) is 5.41. The van der Waals surface area contributed by atoms with E-state index >= 15 is 0 Å². The highest BCUT2D eigenvalue weighted by atomic mass is 32.2. The van der Waals surface area contributed by atoms with Crippen LogP contribution in [0.4, 0.5) is 0 Å². The third kappa shape index (κ3) is 5.14. The number of rotatable bonds is 8. The summed E-state index contributed by atoms with van der Waals surface area (Å²) < 4.78 is 13.0. The van der Waals surface area contributed by atoms with Crippen molar-refractivity contribution in [3.8, 4) is 0 Å². The van der Waals surface area contributed by atoms with Gasteiger partial charge in [0, 0.05) is 30.1 Å². The van der Waals surface area contributed by atoms with Crippen LogP contribution in [0.2, 0.25) is 0 Å². The van der Waals surface area contributed by atoms with Crippen LogP contribution in [-0.2, 0) is 20.8 Å². The van der Waals surface area contributed by atoms with Gasteiger partial charge in [0.25, 0.3) is 0 Å². The lowest BCUT2D eigenvalue weighted by Gasteiger charge is -2.14. The van der Waals surface area contributed by atoms with Gasteiger partial charge >= 0.3 is 5.97 Å². The van der Waals surface area contributed by atoms with Gasteiger partial charge in [0.05, 0.1) is 29.1 Å². The Hall–Kier alpha value is -2.71. The molecule has 162 valence electrons. The van der Waals surface area contributed by atoms with Crippen LogP contribution < -0.4 is 0 Å². The minimum atomic E-state index is -0.457. The summed E-state index contributed by atoms with van der Waals surface area (Å²) in [6.45, 7) is 5.17. The van der Waals surface area contributed by atoms with Crippen molar-refractivity contribution in [2.75, 3.05) is 19.0 Å². The number of carbonyl (C=O) groups is 2. The number of carbonyl (C=O) groups excluding carboxylic acids is 2. The zero-order valence-corrected chi connectivity index (χ0v) is 18.5. The van der Waals surface area contributed by atoms with Crippen LogP contribution in [0.3, 0.4) is 0 Å². The zero-order valence-electron chi connectivity index (χ0n) is 17.7. The first-order chi connectivity index (χ1) is 15.0. The minimum Gasteiger partial charge on any atom is -0.457 e. The number of benzene rings is 1. The Kier molecular flexibility index (Phi) is 6.67. The fraction of sp³-hybridized carbons (Fsp3) is 0.391. The second-order valence-electron chi connectivity index (χ2n) is 7.60. The molecule has 8 heteroatoms. The number of ether oxygens (including phenoxy) is 2. The van der Waals surface area contributed by atoms with Crippen LogP contribution in [0.1, 0.15) is 34.6 Å². The molecule has 1 unspecified atom stereocenters. The molecule has 31 heavy (non-hydrogen) atoms. The Morgan fingerprint density at radius 1 is 1.26 bits per heavy atom. The van der Waals surface area contributed by atoms with E-state index < -0.39 is 5.97 Å². The van der Waals surface area contributed by atoms with Gasteiger partial charge in [0.15, 0.2) is 6.61 Å². The fourth-order valence-electron chi connectivity index (χ4n) is 3.76. The summed E-state index contributed by atoms with van der Waals surface area (Å²) in [4.78, 5) is 33.6. The number of esters is 1. The molecule has 7 nitrogen and oxygen atoms in total. The second-order valence-corrected chi connectivity index (χ2v) is 8.60. The molecule has 4 rings (SSSR count). The average Bonchev–Trinajstić information content (AvgIpc) is 3.39. The molecular weight excluding hydrogens is 414 g/mol. The van der Waals surface area contributed by atoms with E-state index in [0.29, 0.717) is 10.6 Å². The van der Waals surface area contributed by atoms with Gasteiger partial charge in [0.2, 0.25) is 5.78 Å². The molecule has 0 amide bonds. The topological polar surface area (TPSA) is 83.3 Å². The van der Waals surface area contributed by atoms with E-state index in [9.17, 15) is 9.59 Å². The molecule has 0 radical (unpaired) electrons. The molecule has 1 aromatic carbocycles.